The van der Waals surface area contributed by atoms with Crippen molar-refractivity contribution >= 4 is 16.7 Å². The van der Waals surface area contributed by atoms with E-state index >= 15 is 0 Å². The summed E-state index contributed by atoms with van der Waals surface area (Å²) in [6, 6.07) is 13.9. The van der Waals surface area contributed by atoms with E-state index in [0.29, 0.717) is 19.8 Å². The number of rotatable bonds is 6. The van der Waals surface area contributed by atoms with Crippen LogP contribution in [-0.4, -0.2) is 49.2 Å². The zero-order valence-corrected chi connectivity index (χ0v) is 18.9. The van der Waals surface area contributed by atoms with Crippen molar-refractivity contribution in [2.24, 2.45) is 5.92 Å². The molecule has 2 aliphatic heterocycles. The maximum absolute atomic E-state index is 12.8. The standard InChI is InChI=1S/C26H29N3O4/c1-31-21-4-3-19-6-9-27-23(22(19)15-21)17-29-10-7-20(8-11-29)26(30)28-16-18-2-5-24-25(14-18)33-13-12-32-24/h2-6,9,14-15,20H,7-8,10-13,16-17H2,1H3,(H,28,30). The molecule has 1 aromatic heterocycles. The summed E-state index contributed by atoms with van der Waals surface area (Å²) in [4.78, 5) is 19.8. The smallest absolute Gasteiger partial charge is 0.223 e. The maximum atomic E-state index is 12.8. The summed E-state index contributed by atoms with van der Waals surface area (Å²) in [5, 5.41) is 5.38. The molecule has 3 aromatic rings. The summed E-state index contributed by atoms with van der Waals surface area (Å²) >= 11 is 0. The van der Waals surface area contributed by atoms with Crippen LogP contribution in [0.4, 0.5) is 0 Å². The number of hydrogen-bond acceptors (Lipinski definition) is 6. The molecule has 0 spiro atoms. The first-order valence-corrected chi connectivity index (χ1v) is 11.5. The number of likely N-dealkylation sites (tertiary alicyclic amines) is 1. The molecule has 7 heteroatoms. The van der Waals surface area contributed by atoms with E-state index in [4.69, 9.17) is 14.2 Å². The van der Waals surface area contributed by atoms with E-state index in [2.05, 4.69) is 27.3 Å². The van der Waals surface area contributed by atoms with Crippen LogP contribution in [-0.2, 0) is 17.9 Å². The lowest BCUT2D eigenvalue weighted by molar-refractivity contribution is -0.126. The summed E-state index contributed by atoms with van der Waals surface area (Å²) < 4.78 is 16.6. The van der Waals surface area contributed by atoms with Crippen molar-refractivity contribution < 1.29 is 19.0 Å². The van der Waals surface area contributed by atoms with E-state index in [-0.39, 0.29) is 11.8 Å². The number of benzene rings is 2. The van der Waals surface area contributed by atoms with Crippen LogP contribution < -0.4 is 19.5 Å². The van der Waals surface area contributed by atoms with Crippen LogP contribution in [0.1, 0.15) is 24.1 Å². The van der Waals surface area contributed by atoms with Crippen molar-refractivity contribution in [2.45, 2.75) is 25.9 Å². The van der Waals surface area contributed by atoms with E-state index in [1.54, 1.807) is 7.11 Å². The van der Waals surface area contributed by atoms with Crippen molar-refractivity contribution in [2.75, 3.05) is 33.4 Å². The molecule has 0 radical (unpaired) electrons. The second kappa shape index (κ2) is 9.67. The Morgan fingerprint density at radius 1 is 1.09 bits per heavy atom. The summed E-state index contributed by atoms with van der Waals surface area (Å²) in [5.41, 5.74) is 2.07. The number of aromatic nitrogens is 1. The first-order valence-electron chi connectivity index (χ1n) is 11.5. The largest absolute Gasteiger partial charge is 0.497 e. The predicted molar refractivity (Wildman–Crippen MR) is 126 cm³/mol. The molecule has 0 unspecified atom stereocenters. The highest BCUT2D eigenvalue weighted by atomic mass is 16.6. The maximum Gasteiger partial charge on any atom is 0.223 e. The second-order valence-corrected chi connectivity index (χ2v) is 8.59. The second-order valence-electron chi connectivity index (χ2n) is 8.59. The lowest BCUT2D eigenvalue weighted by atomic mass is 9.95. The van der Waals surface area contributed by atoms with Crippen molar-refractivity contribution in [1.29, 1.82) is 0 Å². The van der Waals surface area contributed by atoms with E-state index < -0.39 is 0 Å². The fraction of sp³-hybridized carbons (Fsp3) is 0.385. The fourth-order valence-electron chi connectivity index (χ4n) is 4.56. The molecule has 3 heterocycles. The summed E-state index contributed by atoms with van der Waals surface area (Å²) in [5.74, 6) is 2.52. The summed E-state index contributed by atoms with van der Waals surface area (Å²) in [7, 11) is 1.68. The quantitative estimate of drug-likeness (QED) is 0.623. The zero-order chi connectivity index (χ0) is 22.6. The minimum absolute atomic E-state index is 0.0408. The Balaban J connectivity index is 1.14. The molecule has 0 saturated carbocycles. The molecular weight excluding hydrogens is 418 g/mol. The summed E-state index contributed by atoms with van der Waals surface area (Å²) in [6.45, 7) is 4.16. The molecule has 0 bridgehead atoms. The van der Waals surface area contributed by atoms with Gasteiger partial charge in [-0.05, 0) is 67.2 Å². The van der Waals surface area contributed by atoms with Crippen molar-refractivity contribution in [1.82, 2.24) is 15.2 Å². The molecule has 33 heavy (non-hydrogen) atoms. The Morgan fingerprint density at radius 2 is 1.91 bits per heavy atom. The number of fused-ring (bicyclic) bond motifs is 2. The topological polar surface area (TPSA) is 72.9 Å². The van der Waals surface area contributed by atoms with Crippen LogP contribution in [0.3, 0.4) is 0 Å². The van der Waals surface area contributed by atoms with Crippen LogP contribution in [0.15, 0.2) is 48.7 Å². The number of hydrogen-bond donors (Lipinski definition) is 1. The molecule has 172 valence electrons. The van der Waals surface area contributed by atoms with Gasteiger partial charge in [-0.15, -0.1) is 0 Å². The van der Waals surface area contributed by atoms with E-state index in [1.165, 1.54) is 0 Å². The number of pyridine rings is 1. The highest BCUT2D eigenvalue weighted by molar-refractivity contribution is 5.85. The number of carbonyl (C=O) groups is 1. The number of amides is 1. The molecule has 2 aromatic carbocycles. The number of methoxy groups -OCH3 is 1. The molecular formula is C26H29N3O4. The summed E-state index contributed by atoms with van der Waals surface area (Å²) in [6.07, 6.45) is 3.56. The van der Waals surface area contributed by atoms with Gasteiger partial charge in [-0.1, -0.05) is 12.1 Å². The van der Waals surface area contributed by atoms with Gasteiger partial charge in [-0.3, -0.25) is 14.7 Å². The highest BCUT2D eigenvalue weighted by Crippen LogP contribution is 2.31. The van der Waals surface area contributed by atoms with Gasteiger partial charge in [-0.25, -0.2) is 0 Å². The Hall–Kier alpha value is -3.32. The fourth-order valence-corrected chi connectivity index (χ4v) is 4.56. The number of nitrogens with zero attached hydrogens (tertiary/aromatic N) is 2. The van der Waals surface area contributed by atoms with Gasteiger partial charge >= 0.3 is 0 Å². The van der Waals surface area contributed by atoms with Gasteiger partial charge in [0.25, 0.3) is 0 Å². The molecule has 2 aliphatic rings. The highest BCUT2D eigenvalue weighted by Gasteiger charge is 2.25. The first-order chi connectivity index (χ1) is 16.2. The van der Waals surface area contributed by atoms with Crippen LogP contribution in [0, 0.1) is 5.92 Å². The van der Waals surface area contributed by atoms with Crippen molar-refractivity contribution in [3.63, 3.8) is 0 Å². The van der Waals surface area contributed by atoms with Gasteiger partial charge in [0.1, 0.15) is 19.0 Å². The molecule has 1 amide bonds. The average molecular weight is 448 g/mol. The lowest BCUT2D eigenvalue weighted by Crippen LogP contribution is -2.40. The zero-order valence-electron chi connectivity index (χ0n) is 18.9. The Morgan fingerprint density at radius 3 is 2.73 bits per heavy atom. The molecule has 1 fully saturated rings. The Kier molecular flexibility index (Phi) is 6.30. The van der Waals surface area contributed by atoms with E-state index in [1.807, 2.05) is 36.5 Å². The molecule has 5 rings (SSSR count). The minimum Gasteiger partial charge on any atom is -0.497 e. The van der Waals surface area contributed by atoms with Gasteiger partial charge in [0, 0.05) is 30.6 Å². The normalized spacial score (nSPS) is 16.5. The third-order valence-corrected chi connectivity index (χ3v) is 6.46. The third-order valence-electron chi connectivity index (χ3n) is 6.46. The average Bonchev–Trinajstić information content (AvgIpc) is 2.87. The molecule has 1 saturated heterocycles. The number of piperidine rings is 1. The number of carbonyl (C=O) groups excluding carboxylic acids is 1. The third kappa shape index (κ3) is 4.88. The van der Waals surface area contributed by atoms with Gasteiger partial charge < -0.3 is 19.5 Å². The van der Waals surface area contributed by atoms with Crippen LogP contribution in [0.5, 0.6) is 17.2 Å². The van der Waals surface area contributed by atoms with Gasteiger partial charge in [0.2, 0.25) is 5.91 Å². The molecule has 0 aliphatic carbocycles. The predicted octanol–water partition coefficient (Wildman–Crippen LogP) is 3.54. The van der Waals surface area contributed by atoms with Crippen LogP contribution in [0.25, 0.3) is 10.8 Å². The van der Waals surface area contributed by atoms with Gasteiger partial charge in [0.05, 0.1) is 12.8 Å². The van der Waals surface area contributed by atoms with E-state index in [9.17, 15) is 4.79 Å². The van der Waals surface area contributed by atoms with Crippen LogP contribution >= 0.6 is 0 Å². The molecule has 0 atom stereocenters. The molecule has 7 nitrogen and oxygen atoms in total. The van der Waals surface area contributed by atoms with Gasteiger partial charge in [0.15, 0.2) is 11.5 Å². The van der Waals surface area contributed by atoms with Gasteiger partial charge in [-0.2, -0.15) is 0 Å². The Bertz CT molecular complexity index is 1140. The molecule has 1 N–H and O–H groups in total. The first kappa shape index (κ1) is 21.5. The Labute approximate surface area is 193 Å². The number of ether oxygens (including phenoxy) is 3. The monoisotopic (exact) mass is 447 g/mol. The SMILES string of the molecule is COc1ccc2ccnc(CN3CCC(C(=O)NCc4ccc5c(c4)OCCO5)CC3)c2c1. The van der Waals surface area contributed by atoms with E-state index in [0.717, 1.165) is 71.8 Å². The minimum atomic E-state index is 0.0408. The lowest BCUT2D eigenvalue weighted by Gasteiger charge is -2.31. The van der Waals surface area contributed by atoms with Crippen LogP contribution in [0.2, 0.25) is 0 Å². The van der Waals surface area contributed by atoms with Crippen molar-refractivity contribution in [3.8, 4) is 17.2 Å². The number of nitrogens with one attached hydrogen (secondary N) is 1. The van der Waals surface area contributed by atoms with Crippen molar-refractivity contribution in [3.05, 3.63) is 59.9 Å².